The molecule has 1 heterocycles. The summed E-state index contributed by atoms with van der Waals surface area (Å²) in [6.45, 7) is 4.85. The molecule has 0 fully saturated rings. The maximum Gasteiger partial charge on any atom is 0.328 e. The standard InChI is InChI=1S/C7H6N4O2/c1-3-10-6(4-8)7(11(12)13)5(2)9-10/h3H,1H2,2H3. The number of nitrogens with zero attached hydrogens (tertiary/aromatic N) is 4. The molecule has 0 unspecified atom stereocenters. The Hall–Kier alpha value is -2.16. The van der Waals surface area contributed by atoms with Crippen molar-refractivity contribution in [2.24, 2.45) is 0 Å². The number of rotatable bonds is 2. The van der Waals surface area contributed by atoms with Gasteiger partial charge >= 0.3 is 5.69 Å². The Morgan fingerprint density at radius 2 is 2.46 bits per heavy atom. The molecule has 13 heavy (non-hydrogen) atoms. The van der Waals surface area contributed by atoms with Gasteiger partial charge in [-0.3, -0.25) is 10.1 Å². The Labute approximate surface area is 73.9 Å². The molecule has 0 aliphatic rings. The van der Waals surface area contributed by atoms with E-state index in [0.29, 0.717) is 0 Å². The third kappa shape index (κ3) is 1.27. The Bertz CT molecular complexity index is 413. The molecular formula is C7H6N4O2. The summed E-state index contributed by atoms with van der Waals surface area (Å²) in [6, 6.07) is 1.70. The smallest absolute Gasteiger partial charge is 0.258 e. The highest BCUT2D eigenvalue weighted by molar-refractivity contribution is 5.50. The van der Waals surface area contributed by atoms with Crippen molar-refractivity contribution in [1.29, 1.82) is 5.26 Å². The van der Waals surface area contributed by atoms with Crippen molar-refractivity contribution in [3.05, 3.63) is 28.1 Å². The second-order valence-electron chi connectivity index (χ2n) is 2.28. The van der Waals surface area contributed by atoms with E-state index in [2.05, 4.69) is 11.7 Å². The molecule has 0 aliphatic heterocycles. The van der Waals surface area contributed by atoms with Crippen LogP contribution in [0.3, 0.4) is 0 Å². The largest absolute Gasteiger partial charge is 0.328 e. The zero-order valence-electron chi connectivity index (χ0n) is 6.89. The van der Waals surface area contributed by atoms with E-state index in [1.807, 2.05) is 0 Å². The average Bonchev–Trinajstić information content (AvgIpc) is 2.41. The molecule has 0 atom stereocenters. The van der Waals surface area contributed by atoms with Crippen LogP contribution in [0.15, 0.2) is 6.58 Å². The maximum atomic E-state index is 10.5. The van der Waals surface area contributed by atoms with Gasteiger partial charge in [0, 0.05) is 6.20 Å². The quantitative estimate of drug-likeness (QED) is 0.500. The van der Waals surface area contributed by atoms with Gasteiger partial charge in [0.1, 0.15) is 11.8 Å². The zero-order chi connectivity index (χ0) is 10.0. The summed E-state index contributed by atoms with van der Waals surface area (Å²) in [5.74, 6) is 0. The van der Waals surface area contributed by atoms with Crippen LogP contribution in [0, 0.1) is 28.4 Å². The van der Waals surface area contributed by atoms with E-state index < -0.39 is 4.92 Å². The van der Waals surface area contributed by atoms with Crippen molar-refractivity contribution in [3.63, 3.8) is 0 Å². The lowest BCUT2D eigenvalue weighted by Crippen LogP contribution is -1.94. The summed E-state index contributed by atoms with van der Waals surface area (Å²) < 4.78 is 1.09. The van der Waals surface area contributed by atoms with Crippen LogP contribution < -0.4 is 0 Å². The minimum absolute atomic E-state index is 0.0995. The second kappa shape index (κ2) is 3.06. The van der Waals surface area contributed by atoms with Gasteiger partial charge in [-0.05, 0) is 6.92 Å². The van der Waals surface area contributed by atoms with Crippen LogP contribution in [0.4, 0.5) is 5.69 Å². The fraction of sp³-hybridized carbons (Fsp3) is 0.143. The number of nitro groups is 1. The molecule has 6 heteroatoms. The number of hydrogen-bond donors (Lipinski definition) is 0. The molecule has 66 valence electrons. The van der Waals surface area contributed by atoms with Crippen molar-refractivity contribution in [2.45, 2.75) is 6.92 Å². The molecule has 1 aromatic rings. The molecule has 0 aromatic carbocycles. The number of nitriles is 1. The van der Waals surface area contributed by atoms with Crippen LogP contribution >= 0.6 is 0 Å². The molecule has 1 rings (SSSR count). The number of hydrogen-bond acceptors (Lipinski definition) is 4. The van der Waals surface area contributed by atoms with Crippen LogP contribution in [-0.2, 0) is 0 Å². The van der Waals surface area contributed by atoms with Gasteiger partial charge in [0.15, 0.2) is 0 Å². The Morgan fingerprint density at radius 1 is 1.85 bits per heavy atom. The highest BCUT2D eigenvalue weighted by Crippen LogP contribution is 2.21. The summed E-state index contributed by atoms with van der Waals surface area (Å²) in [7, 11) is 0. The molecule has 0 radical (unpaired) electrons. The van der Waals surface area contributed by atoms with E-state index in [1.54, 1.807) is 6.07 Å². The van der Waals surface area contributed by atoms with E-state index in [1.165, 1.54) is 13.1 Å². The minimum Gasteiger partial charge on any atom is -0.258 e. The fourth-order valence-corrected chi connectivity index (χ4v) is 0.994. The predicted molar refractivity (Wildman–Crippen MR) is 44.7 cm³/mol. The van der Waals surface area contributed by atoms with Crippen LogP contribution in [0.1, 0.15) is 11.4 Å². The Morgan fingerprint density at radius 3 is 2.85 bits per heavy atom. The molecule has 0 spiro atoms. The molecule has 0 saturated carbocycles. The zero-order valence-corrected chi connectivity index (χ0v) is 6.89. The van der Waals surface area contributed by atoms with Gasteiger partial charge in [0.2, 0.25) is 5.69 Å². The van der Waals surface area contributed by atoms with Crippen molar-refractivity contribution in [3.8, 4) is 6.07 Å². The van der Waals surface area contributed by atoms with Gasteiger partial charge in [-0.1, -0.05) is 6.58 Å². The van der Waals surface area contributed by atoms with E-state index >= 15 is 0 Å². The molecule has 0 bridgehead atoms. The minimum atomic E-state index is -0.624. The lowest BCUT2D eigenvalue weighted by Gasteiger charge is -1.88. The molecule has 6 nitrogen and oxygen atoms in total. The number of aromatic nitrogens is 2. The topological polar surface area (TPSA) is 84.8 Å². The normalized spacial score (nSPS) is 9.23. The van der Waals surface area contributed by atoms with Crippen LogP contribution in [0.5, 0.6) is 0 Å². The van der Waals surface area contributed by atoms with Crippen LogP contribution in [-0.4, -0.2) is 14.7 Å². The fourth-order valence-electron chi connectivity index (χ4n) is 0.994. The van der Waals surface area contributed by atoms with Crippen molar-refractivity contribution in [1.82, 2.24) is 9.78 Å². The maximum absolute atomic E-state index is 10.5. The van der Waals surface area contributed by atoms with Crippen molar-refractivity contribution in [2.75, 3.05) is 0 Å². The third-order valence-electron chi connectivity index (χ3n) is 1.52. The van der Waals surface area contributed by atoms with E-state index in [9.17, 15) is 10.1 Å². The monoisotopic (exact) mass is 178 g/mol. The van der Waals surface area contributed by atoms with Gasteiger partial charge < -0.3 is 0 Å². The van der Waals surface area contributed by atoms with E-state index in [0.717, 1.165) is 4.68 Å². The third-order valence-corrected chi connectivity index (χ3v) is 1.52. The van der Waals surface area contributed by atoms with E-state index in [4.69, 9.17) is 5.26 Å². The van der Waals surface area contributed by atoms with Gasteiger partial charge in [-0.15, -0.1) is 0 Å². The Balaban J connectivity index is 3.51. The van der Waals surface area contributed by atoms with Crippen LogP contribution in [0.2, 0.25) is 0 Å². The van der Waals surface area contributed by atoms with Gasteiger partial charge in [0.25, 0.3) is 0 Å². The average molecular weight is 178 g/mol. The first-order valence-electron chi connectivity index (χ1n) is 3.38. The first-order chi connectivity index (χ1) is 6.11. The summed E-state index contributed by atoms with van der Waals surface area (Å²) in [4.78, 5) is 9.87. The summed E-state index contributed by atoms with van der Waals surface area (Å²) in [5.41, 5.74) is -0.152. The highest BCUT2D eigenvalue weighted by Gasteiger charge is 2.23. The summed E-state index contributed by atoms with van der Waals surface area (Å²) in [5, 5.41) is 22.9. The Kier molecular flexibility index (Phi) is 2.11. The SMILES string of the molecule is C=Cn1nc(C)c([N+](=O)[O-])c1C#N. The van der Waals surface area contributed by atoms with Gasteiger partial charge in [-0.25, -0.2) is 4.68 Å². The van der Waals surface area contributed by atoms with Gasteiger partial charge in [0.05, 0.1) is 4.92 Å². The van der Waals surface area contributed by atoms with Crippen molar-refractivity contribution < 1.29 is 4.92 Å². The number of aryl methyl sites for hydroxylation is 1. The van der Waals surface area contributed by atoms with Crippen molar-refractivity contribution >= 4 is 11.9 Å². The molecule has 0 amide bonds. The molecule has 0 aliphatic carbocycles. The predicted octanol–water partition coefficient (Wildman–Crippen LogP) is 1.07. The highest BCUT2D eigenvalue weighted by atomic mass is 16.6. The van der Waals surface area contributed by atoms with Crippen LogP contribution in [0.25, 0.3) is 6.20 Å². The lowest BCUT2D eigenvalue weighted by atomic mass is 10.3. The molecule has 0 saturated heterocycles. The lowest BCUT2D eigenvalue weighted by molar-refractivity contribution is -0.385. The first kappa shape index (κ1) is 8.93. The second-order valence-corrected chi connectivity index (χ2v) is 2.28. The summed E-state index contributed by atoms with van der Waals surface area (Å²) in [6.07, 6.45) is 1.25. The molecular weight excluding hydrogens is 172 g/mol. The van der Waals surface area contributed by atoms with E-state index in [-0.39, 0.29) is 17.1 Å². The summed E-state index contributed by atoms with van der Waals surface area (Å²) >= 11 is 0. The molecule has 0 N–H and O–H groups in total. The van der Waals surface area contributed by atoms with Gasteiger partial charge in [-0.2, -0.15) is 10.4 Å². The first-order valence-corrected chi connectivity index (χ1v) is 3.38. The molecule has 1 aromatic heterocycles.